The Labute approximate surface area is 122 Å². The van der Waals surface area contributed by atoms with Crippen LogP contribution in [0.1, 0.15) is 11.3 Å². The molecule has 116 valence electrons. The molecule has 0 radical (unpaired) electrons. The molecule has 0 aliphatic rings. The van der Waals surface area contributed by atoms with E-state index in [-0.39, 0.29) is 22.9 Å². The third-order valence-electron chi connectivity index (χ3n) is 2.68. The van der Waals surface area contributed by atoms with Crippen molar-refractivity contribution in [3.8, 4) is 11.3 Å². The Balaban J connectivity index is 2.61. The summed E-state index contributed by atoms with van der Waals surface area (Å²) in [5, 5.41) is 10.6. The summed E-state index contributed by atoms with van der Waals surface area (Å²) < 4.78 is 38.8. The molecule has 0 aliphatic carbocycles. The van der Waals surface area contributed by atoms with Gasteiger partial charge in [-0.15, -0.1) is 0 Å². The van der Waals surface area contributed by atoms with Gasteiger partial charge in [0.15, 0.2) is 0 Å². The molecule has 0 saturated heterocycles. The highest BCUT2D eigenvalue weighted by molar-refractivity contribution is 5.84. The predicted octanol–water partition coefficient (Wildman–Crippen LogP) is 3.14. The van der Waals surface area contributed by atoms with E-state index >= 15 is 0 Å². The Kier molecular flexibility index (Phi) is 3.89. The lowest BCUT2D eigenvalue weighted by molar-refractivity contribution is -0.137. The van der Waals surface area contributed by atoms with Gasteiger partial charge in [-0.25, -0.2) is 14.8 Å². The summed E-state index contributed by atoms with van der Waals surface area (Å²) in [7, 11) is 0. The number of nitrogens with two attached hydrogens (primary N) is 1. The minimum absolute atomic E-state index is 0.0794. The summed E-state index contributed by atoms with van der Waals surface area (Å²) in [6.45, 7) is 1.62. The number of nitrogens with zero attached hydrogens (tertiary/aromatic N) is 2. The van der Waals surface area contributed by atoms with Gasteiger partial charge in [0.2, 0.25) is 5.95 Å². The molecule has 1 amide bonds. The average Bonchev–Trinajstić information content (AvgIpc) is 2.35. The quantitative estimate of drug-likeness (QED) is 0.790. The van der Waals surface area contributed by atoms with Gasteiger partial charge >= 0.3 is 12.3 Å². The van der Waals surface area contributed by atoms with E-state index in [9.17, 15) is 18.0 Å². The number of aromatic nitrogens is 2. The number of alkyl halides is 3. The molecule has 22 heavy (non-hydrogen) atoms. The van der Waals surface area contributed by atoms with E-state index in [0.29, 0.717) is 11.8 Å². The van der Waals surface area contributed by atoms with Gasteiger partial charge < -0.3 is 10.8 Å². The van der Waals surface area contributed by atoms with Crippen molar-refractivity contribution in [2.45, 2.75) is 13.1 Å². The second-order valence-electron chi connectivity index (χ2n) is 4.48. The maximum absolute atomic E-state index is 12.9. The smallest absolute Gasteiger partial charge is 0.416 e. The Bertz CT molecular complexity index is 711. The Hall–Kier alpha value is -2.84. The van der Waals surface area contributed by atoms with Crippen LogP contribution in [-0.4, -0.2) is 21.2 Å². The van der Waals surface area contributed by atoms with E-state index < -0.39 is 17.8 Å². The molecule has 0 unspecified atom stereocenters. The zero-order chi connectivity index (χ0) is 16.5. The number of carbonyl (C=O) groups is 1. The second kappa shape index (κ2) is 5.51. The SMILES string of the molecule is Cc1cc(-c2cc(NC(=O)O)cc(C(F)(F)F)c2)nc(N)n1. The third kappa shape index (κ3) is 3.62. The van der Waals surface area contributed by atoms with Crippen molar-refractivity contribution in [3.63, 3.8) is 0 Å². The van der Waals surface area contributed by atoms with Crippen LogP contribution >= 0.6 is 0 Å². The van der Waals surface area contributed by atoms with Gasteiger partial charge in [-0.2, -0.15) is 13.2 Å². The van der Waals surface area contributed by atoms with Crippen LogP contribution in [0.15, 0.2) is 24.3 Å². The molecular weight excluding hydrogens is 301 g/mol. The summed E-state index contributed by atoms with van der Waals surface area (Å²) in [5.74, 6) is -0.0832. The van der Waals surface area contributed by atoms with Crippen LogP contribution in [0.2, 0.25) is 0 Å². The van der Waals surface area contributed by atoms with Gasteiger partial charge in [-0.3, -0.25) is 5.32 Å². The zero-order valence-corrected chi connectivity index (χ0v) is 11.3. The van der Waals surface area contributed by atoms with Gasteiger partial charge in [-0.05, 0) is 31.2 Å². The fraction of sp³-hybridized carbons (Fsp3) is 0.154. The Morgan fingerprint density at radius 2 is 1.91 bits per heavy atom. The maximum Gasteiger partial charge on any atom is 0.416 e. The lowest BCUT2D eigenvalue weighted by atomic mass is 10.1. The molecule has 1 heterocycles. The summed E-state index contributed by atoms with van der Waals surface area (Å²) >= 11 is 0. The van der Waals surface area contributed by atoms with Crippen molar-refractivity contribution in [2.24, 2.45) is 0 Å². The standard InChI is InChI=1S/C13H11F3N4O2/c1-6-2-10(20-11(17)18-6)7-3-8(13(14,15)16)5-9(4-7)19-12(21)22/h2-5,19H,1H3,(H,21,22)(H2,17,18,20). The first kappa shape index (κ1) is 15.5. The second-order valence-corrected chi connectivity index (χ2v) is 4.48. The molecule has 1 aromatic heterocycles. The topological polar surface area (TPSA) is 101 Å². The molecule has 0 spiro atoms. The van der Waals surface area contributed by atoms with Crippen molar-refractivity contribution in [1.29, 1.82) is 0 Å². The summed E-state index contributed by atoms with van der Waals surface area (Å²) in [6, 6.07) is 4.27. The van der Waals surface area contributed by atoms with E-state index in [2.05, 4.69) is 9.97 Å². The number of aryl methyl sites for hydroxylation is 1. The van der Waals surface area contributed by atoms with Gasteiger partial charge in [0, 0.05) is 16.9 Å². The molecule has 6 nitrogen and oxygen atoms in total. The van der Waals surface area contributed by atoms with Crippen molar-refractivity contribution >= 4 is 17.7 Å². The predicted molar refractivity (Wildman–Crippen MR) is 73.3 cm³/mol. The minimum Gasteiger partial charge on any atom is -0.465 e. The van der Waals surface area contributed by atoms with Crippen molar-refractivity contribution < 1.29 is 23.1 Å². The molecule has 0 atom stereocenters. The Morgan fingerprint density at radius 1 is 1.23 bits per heavy atom. The van der Waals surface area contributed by atoms with Crippen LogP contribution in [-0.2, 0) is 6.18 Å². The van der Waals surface area contributed by atoms with Gasteiger partial charge in [-0.1, -0.05) is 0 Å². The molecule has 2 rings (SSSR count). The number of anilines is 2. The number of amides is 1. The molecule has 0 fully saturated rings. The largest absolute Gasteiger partial charge is 0.465 e. The molecular formula is C13H11F3N4O2. The summed E-state index contributed by atoms with van der Waals surface area (Å²) in [6.07, 6.45) is -6.10. The van der Waals surface area contributed by atoms with E-state index in [1.54, 1.807) is 6.92 Å². The van der Waals surface area contributed by atoms with Gasteiger partial charge in [0.1, 0.15) is 0 Å². The van der Waals surface area contributed by atoms with Crippen LogP contribution < -0.4 is 11.1 Å². The number of rotatable bonds is 2. The Morgan fingerprint density at radius 3 is 2.45 bits per heavy atom. The molecule has 0 aliphatic heterocycles. The van der Waals surface area contributed by atoms with Gasteiger partial charge in [0.25, 0.3) is 0 Å². The van der Waals surface area contributed by atoms with Crippen molar-refractivity contribution in [3.05, 3.63) is 35.5 Å². The fourth-order valence-corrected chi connectivity index (χ4v) is 1.87. The average molecular weight is 312 g/mol. The molecule has 4 N–H and O–H groups in total. The van der Waals surface area contributed by atoms with Crippen molar-refractivity contribution in [1.82, 2.24) is 9.97 Å². The first-order valence-electron chi connectivity index (χ1n) is 5.99. The number of nitrogen functional groups attached to an aromatic ring is 1. The minimum atomic E-state index is -4.63. The van der Waals surface area contributed by atoms with E-state index in [1.165, 1.54) is 12.1 Å². The number of hydrogen-bond donors (Lipinski definition) is 3. The summed E-state index contributed by atoms with van der Waals surface area (Å²) in [5.41, 5.74) is 5.00. The number of benzene rings is 1. The lowest BCUT2D eigenvalue weighted by Crippen LogP contribution is -2.11. The van der Waals surface area contributed by atoms with Crippen LogP contribution in [0.3, 0.4) is 0 Å². The monoisotopic (exact) mass is 312 g/mol. The van der Waals surface area contributed by atoms with Crippen LogP contribution in [0, 0.1) is 6.92 Å². The highest BCUT2D eigenvalue weighted by Gasteiger charge is 2.31. The first-order valence-corrected chi connectivity index (χ1v) is 5.99. The first-order chi connectivity index (χ1) is 10.1. The molecule has 1 aromatic carbocycles. The highest BCUT2D eigenvalue weighted by Crippen LogP contribution is 2.34. The maximum atomic E-state index is 12.9. The van der Waals surface area contributed by atoms with E-state index in [4.69, 9.17) is 10.8 Å². The summed E-state index contributed by atoms with van der Waals surface area (Å²) in [4.78, 5) is 18.4. The normalized spacial score (nSPS) is 11.3. The van der Waals surface area contributed by atoms with Crippen LogP contribution in [0.4, 0.5) is 29.6 Å². The van der Waals surface area contributed by atoms with Crippen LogP contribution in [0.25, 0.3) is 11.3 Å². The fourth-order valence-electron chi connectivity index (χ4n) is 1.87. The zero-order valence-electron chi connectivity index (χ0n) is 11.3. The van der Waals surface area contributed by atoms with E-state index in [1.807, 2.05) is 5.32 Å². The molecule has 0 bridgehead atoms. The number of halogens is 3. The number of carboxylic acid groups (broad SMARTS) is 1. The van der Waals surface area contributed by atoms with Crippen LogP contribution in [0.5, 0.6) is 0 Å². The molecule has 9 heteroatoms. The molecule has 2 aromatic rings. The van der Waals surface area contributed by atoms with Gasteiger partial charge in [0.05, 0.1) is 11.3 Å². The van der Waals surface area contributed by atoms with Crippen molar-refractivity contribution in [2.75, 3.05) is 11.1 Å². The highest BCUT2D eigenvalue weighted by atomic mass is 19.4. The number of nitrogens with one attached hydrogen (secondary N) is 1. The number of hydrogen-bond acceptors (Lipinski definition) is 4. The lowest BCUT2D eigenvalue weighted by Gasteiger charge is -2.12. The third-order valence-corrected chi connectivity index (χ3v) is 2.68. The van der Waals surface area contributed by atoms with E-state index in [0.717, 1.165) is 6.07 Å². The molecule has 0 saturated carbocycles.